The molecule has 0 heterocycles. The highest BCUT2D eigenvalue weighted by Gasteiger charge is 2.81. The topological polar surface area (TPSA) is 93.2 Å². The Morgan fingerprint density at radius 2 is 2.16 bits per heavy atom. The highest BCUT2D eigenvalue weighted by atomic mass is 16.6. The molecule has 1 aromatic rings. The van der Waals surface area contributed by atoms with Crippen molar-refractivity contribution in [2.24, 2.45) is 5.41 Å². The number of nitrogens with zero attached hydrogens (tertiary/aromatic N) is 2. The van der Waals surface area contributed by atoms with Crippen LogP contribution >= 0.6 is 0 Å². The molecule has 1 fully saturated rings. The number of hydrogen-bond donors (Lipinski definition) is 0. The molecule has 0 bridgehead atoms. The molecule has 1 aliphatic rings. The second-order valence-electron chi connectivity index (χ2n) is 4.32. The van der Waals surface area contributed by atoms with Crippen LogP contribution in [0.2, 0.25) is 0 Å². The van der Waals surface area contributed by atoms with E-state index in [1.54, 1.807) is 43.3 Å². The molecule has 98 valence electrons. The Morgan fingerprint density at radius 1 is 1.53 bits per heavy atom. The van der Waals surface area contributed by atoms with Crippen LogP contribution in [-0.2, 0) is 9.53 Å². The molecule has 1 saturated carbocycles. The summed E-state index contributed by atoms with van der Waals surface area (Å²) >= 11 is 0. The maximum absolute atomic E-state index is 11.9. The number of nitriles is 1. The summed E-state index contributed by atoms with van der Waals surface area (Å²) in [6.07, 6.45) is 0. The van der Waals surface area contributed by atoms with E-state index >= 15 is 0 Å². The fourth-order valence-corrected chi connectivity index (χ4v) is 2.44. The average Bonchev–Trinajstić information content (AvgIpc) is 3.10. The summed E-state index contributed by atoms with van der Waals surface area (Å²) < 4.78 is 4.83. The van der Waals surface area contributed by atoms with Crippen LogP contribution in [0.3, 0.4) is 0 Å². The number of rotatable bonds is 4. The molecule has 3 atom stereocenters. The maximum Gasteiger partial charge on any atom is 0.334 e. The molecule has 1 aromatic carbocycles. The minimum atomic E-state index is -1.69. The lowest BCUT2D eigenvalue weighted by molar-refractivity contribution is -0.501. The molecule has 6 nitrogen and oxygen atoms in total. The SMILES string of the molecule is CCOC(=O)C1(C#N)[C@H](c2ccccc2)[C@H]1[N+](=O)[O-]. The molecule has 2 rings (SSSR count). The predicted molar refractivity (Wildman–Crippen MR) is 64.6 cm³/mol. The standard InChI is InChI=1S/C13H12N2O4/c1-2-19-12(16)13(8-14)10(11(13)15(17)18)9-6-4-3-5-7-9/h3-7,10-11H,2H2,1H3/t10-,11-,13?/m1/s1. The zero-order valence-corrected chi connectivity index (χ0v) is 10.3. The van der Waals surface area contributed by atoms with Crippen LogP contribution in [0, 0.1) is 26.9 Å². The number of benzene rings is 1. The van der Waals surface area contributed by atoms with Gasteiger partial charge in [0, 0.05) is 4.92 Å². The van der Waals surface area contributed by atoms with Crippen LogP contribution in [0.25, 0.3) is 0 Å². The van der Waals surface area contributed by atoms with Gasteiger partial charge in [-0.2, -0.15) is 5.26 Å². The van der Waals surface area contributed by atoms with Gasteiger partial charge in [-0.3, -0.25) is 14.9 Å². The van der Waals surface area contributed by atoms with Crippen molar-refractivity contribution >= 4 is 5.97 Å². The van der Waals surface area contributed by atoms with E-state index in [2.05, 4.69) is 0 Å². The second-order valence-corrected chi connectivity index (χ2v) is 4.32. The quantitative estimate of drug-likeness (QED) is 0.464. The smallest absolute Gasteiger partial charge is 0.334 e. The molecule has 19 heavy (non-hydrogen) atoms. The summed E-state index contributed by atoms with van der Waals surface area (Å²) in [5.74, 6) is -1.55. The van der Waals surface area contributed by atoms with Gasteiger partial charge in [0.2, 0.25) is 5.41 Å². The molecule has 0 saturated heterocycles. The largest absolute Gasteiger partial charge is 0.465 e. The van der Waals surface area contributed by atoms with Gasteiger partial charge < -0.3 is 4.74 Å². The van der Waals surface area contributed by atoms with Gasteiger partial charge in [-0.15, -0.1) is 0 Å². The Kier molecular flexibility index (Phi) is 3.21. The zero-order chi connectivity index (χ0) is 14.0. The van der Waals surface area contributed by atoms with Gasteiger partial charge in [0.1, 0.15) is 0 Å². The number of hydrogen-bond acceptors (Lipinski definition) is 5. The van der Waals surface area contributed by atoms with E-state index in [9.17, 15) is 20.2 Å². The van der Waals surface area contributed by atoms with E-state index in [-0.39, 0.29) is 6.61 Å². The van der Waals surface area contributed by atoms with Crippen molar-refractivity contribution in [1.29, 1.82) is 5.26 Å². The number of ether oxygens (including phenoxy) is 1. The molecule has 0 spiro atoms. The first-order valence-corrected chi connectivity index (χ1v) is 5.86. The normalized spacial score (nSPS) is 28.2. The van der Waals surface area contributed by atoms with Gasteiger partial charge >= 0.3 is 5.97 Å². The summed E-state index contributed by atoms with van der Waals surface area (Å²) in [6.45, 7) is 1.69. The van der Waals surface area contributed by atoms with Gasteiger partial charge in [-0.05, 0) is 12.5 Å². The van der Waals surface area contributed by atoms with E-state index in [1.165, 1.54) is 0 Å². The Labute approximate surface area is 109 Å². The van der Waals surface area contributed by atoms with E-state index in [1.807, 2.05) is 0 Å². The summed E-state index contributed by atoms with van der Waals surface area (Å²) in [5.41, 5.74) is -1.08. The number of esters is 1. The van der Waals surface area contributed by atoms with Crippen LogP contribution in [0.5, 0.6) is 0 Å². The fourth-order valence-electron chi connectivity index (χ4n) is 2.44. The Bertz CT molecular complexity index is 552. The first kappa shape index (κ1) is 13.0. The van der Waals surface area contributed by atoms with E-state index in [0.29, 0.717) is 5.56 Å². The number of carbonyl (C=O) groups excluding carboxylic acids is 1. The Hall–Kier alpha value is -2.42. The van der Waals surface area contributed by atoms with E-state index < -0.39 is 28.3 Å². The molecule has 0 radical (unpaired) electrons. The molecular formula is C13H12N2O4. The van der Waals surface area contributed by atoms with Crippen molar-refractivity contribution < 1.29 is 14.5 Å². The first-order chi connectivity index (χ1) is 9.09. The molecule has 0 aromatic heterocycles. The lowest BCUT2D eigenvalue weighted by Gasteiger charge is -2.05. The minimum Gasteiger partial charge on any atom is -0.465 e. The third-order valence-corrected chi connectivity index (χ3v) is 3.35. The minimum absolute atomic E-state index is 0.0915. The van der Waals surface area contributed by atoms with Gasteiger partial charge in [-0.1, -0.05) is 30.3 Å². The van der Waals surface area contributed by atoms with Crippen molar-refractivity contribution in [3.8, 4) is 6.07 Å². The number of nitro groups is 1. The molecule has 0 amide bonds. The molecule has 0 N–H and O–H groups in total. The van der Waals surface area contributed by atoms with Crippen molar-refractivity contribution in [3.63, 3.8) is 0 Å². The van der Waals surface area contributed by atoms with Crippen LogP contribution < -0.4 is 0 Å². The monoisotopic (exact) mass is 260 g/mol. The Balaban J connectivity index is 2.41. The highest BCUT2D eigenvalue weighted by molar-refractivity contribution is 5.87. The van der Waals surface area contributed by atoms with E-state index in [4.69, 9.17) is 4.74 Å². The lowest BCUT2D eigenvalue weighted by atomic mass is 10.0. The van der Waals surface area contributed by atoms with Crippen LogP contribution in [0.4, 0.5) is 0 Å². The van der Waals surface area contributed by atoms with Crippen molar-refractivity contribution in [2.75, 3.05) is 6.61 Å². The van der Waals surface area contributed by atoms with E-state index in [0.717, 1.165) is 0 Å². The van der Waals surface area contributed by atoms with Gasteiger partial charge in [0.05, 0.1) is 18.6 Å². The summed E-state index contributed by atoms with van der Waals surface area (Å²) in [5, 5.41) is 20.3. The fraction of sp³-hybridized carbons (Fsp3) is 0.385. The summed E-state index contributed by atoms with van der Waals surface area (Å²) in [7, 11) is 0. The van der Waals surface area contributed by atoms with Gasteiger partial charge in [-0.25, -0.2) is 0 Å². The molecule has 1 unspecified atom stereocenters. The summed E-state index contributed by atoms with van der Waals surface area (Å²) in [6, 6.07) is 9.13. The third-order valence-electron chi connectivity index (χ3n) is 3.35. The van der Waals surface area contributed by atoms with Gasteiger partial charge in [0.15, 0.2) is 0 Å². The van der Waals surface area contributed by atoms with Crippen LogP contribution in [0.1, 0.15) is 18.4 Å². The van der Waals surface area contributed by atoms with Gasteiger partial charge in [0.25, 0.3) is 6.04 Å². The second kappa shape index (κ2) is 4.69. The van der Waals surface area contributed by atoms with Crippen LogP contribution in [-0.4, -0.2) is 23.5 Å². The summed E-state index contributed by atoms with van der Waals surface area (Å²) in [4.78, 5) is 22.4. The maximum atomic E-state index is 11.9. The molecule has 0 aliphatic heterocycles. The predicted octanol–water partition coefficient (Wildman–Crippen LogP) is 1.50. The zero-order valence-electron chi connectivity index (χ0n) is 10.3. The van der Waals surface area contributed by atoms with Crippen molar-refractivity contribution in [2.45, 2.75) is 18.9 Å². The molecule has 6 heteroatoms. The molecule has 1 aliphatic carbocycles. The van der Waals surface area contributed by atoms with Crippen LogP contribution in [0.15, 0.2) is 30.3 Å². The van der Waals surface area contributed by atoms with Crippen molar-refractivity contribution in [1.82, 2.24) is 0 Å². The average molecular weight is 260 g/mol. The third kappa shape index (κ3) is 1.83. The lowest BCUT2D eigenvalue weighted by Crippen LogP contribution is -2.24. The highest BCUT2D eigenvalue weighted by Crippen LogP contribution is 2.61. The first-order valence-electron chi connectivity index (χ1n) is 5.86. The number of carbonyl (C=O) groups is 1. The Morgan fingerprint density at radius 3 is 2.63 bits per heavy atom. The van der Waals surface area contributed by atoms with Crippen molar-refractivity contribution in [3.05, 3.63) is 46.0 Å². The molecular weight excluding hydrogens is 248 g/mol.